The van der Waals surface area contributed by atoms with Crippen molar-refractivity contribution >= 4 is 8.32 Å². The van der Waals surface area contributed by atoms with Crippen LogP contribution in [0.15, 0.2) is 18.2 Å². The fourth-order valence-corrected chi connectivity index (χ4v) is 2.63. The molecule has 1 saturated heterocycles. The van der Waals surface area contributed by atoms with E-state index in [4.69, 9.17) is 18.6 Å². The van der Waals surface area contributed by atoms with Gasteiger partial charge in [0.15, 0.2) is 5.75 Å². The zero-order valence-electron chi connectivity index (χ0n) is 13.9. The highest BCUT2D eigenvalue weighted by Gasteiger charge is 2.39. The largest absolute Gasteiger partial charge is 0.541 e. The van der Waals surface area contributed by atoms with Crippen molar-refractivity contribution in [2.45, 2.75) is 45.0 Å². The maximum absolute atomic E-state index is 6.31. The third kappa shape index (κ3) is 4.14. The minimum atomic E-state index is -1.88. The summed E-state index contributed by atoms with van der Waals surface area (Å²) >= 11 is 0. The lowest BCUT2D eigenvalue weighted by Gasteiger charge is -2.36. The summed E-state index contributed by atoms with van der Waals surface area (Å²) in [6, 6.07) is 5.74. The molecule has 0 aliphatic carbocycles. The van der Waals surface area contributed by atoms with E-state index in [2.05, 4.69) is 33.9 Å². The molecule has 1 aliphatic heterocycles. The second-order valence-electron chi connectivity index (χ2n) is 6.94. The zero-order chi connectivity index (χ0) is 15.7. The van der Waals surface area contributed by atoms with Gasteiger partial charge < -0.3 is 18.6 Å². The van der Waals surface area contributed by atoms with Gasteiger partial charge >= 0.3 is 0 Å². The van der Waals surface area contributed by atoms with E-state index >= 15 is 0 Å². The molecule has 0 spiro atoms. The molecule has 0 radical (unpaired) electrons. The number of methoxy groups -OCH3 is 1. The molecule has 0 aromatic heterocycles. The first kappa shape index (κ1) is 16.2. The number of rotatable bonds is 6. The van der Waals surface area contributed by atoms with Gasteiger partial charge in [0.2, 0.25) is 0 Å². The predicted octanol–water partition coefficient (Wildman–Crippen LogP) is 3.86. The number of hydrogen-bond acceptors (Lipinski definition) is 4. The molecule has 0 amide bonds. The SMILES string of the molecule is COc1cc(OCC2CO2)ccc1O[Si](C)(C)C(C)(C)C. The van der Waals surface area contributed by atoms with Crippen LogP contribution < -0.4 is 13.9 Å². The van der Waals surface area contributed by atoms with Crippen LogP contribution in [0.4, 0.5) is 0 Å². The van der Waals surface area contributed by atoms with E-state index in [-0.39, 0.29) is 11.1 Å². The van der Waals surface area contributed by atoms with Gasteiger partial charge in [0.1, 0.15) is 24.2 Å². The predicted molar refractivity (Wildman–Crippen MR) is 86.1 cm³/mol. The number of ether oxygens (including phenoxy) is 3. The monoisotopic (exact) mass is 310 g/mol. The van der Waals surface area contributed by atoms with Gasteiger partial charge in [-0.05, 0) is 30.3 Å². The average molecular weight is 310 g/mol. The summed E-state index contributed by atoms with van der Waals surface area (Å²) in [5.74, 6) is 2.29. The normalized spacial score (nSPS) is 18.3. The quantitative estimate of drug-likeness (QED) is 0.591. The van der Waals surface area contributed by atoms with Crippen molar-refractivity contribution in [3.8, 4) is 17.2 Å². The van der Waals surface area contributed by atoms with Crippen LogP contribution in [0, 0.1) is 0 Å². The third-order valence-corrected chi connectivity index (χ3v) is 8.49. The van der Waals surface area contributed by atoms with Crippen LogP contribution in [-0.4, -0.2) is 34.7 Å². The first-order valence-corrected chi connectivity index (χ1v) is 10.3. The van der Waals surface area contributed by atoms with E-state index in [1.54, 1.807) is 7.11 Å². The molecule has 1 aromatic rings. The molecule has 0 saturated carbocycles. The number of hydrogen-bond donors (Lipinski definition) is 0. The molecule has 1 atom stereocenters. The van der Waals surface area contributed by atoms with Gasteiger partial charge in [-0.3, -0.25) is 0 Å². The summed E-state index contributed by atoms with van der Waals surface area (Å²) in [6.07, 6.45) is 0.249. The first-order valence-electron chi connectivity index (χ1n) is 7.34. The van der Waals surface area contributed by atoms with Gasteiger partial charge in [-0.1, -0.05) is 20.8 Å². The van der Waals surface area contributed by atoms with E-state index in [0.717, 1.165) is 18.1 Å². The minimum Gasteiger partial charge on any atom is -0.541 e. The average Bonchev–Trinajstić information content (AvgIpc) is 3.20. The Bertz CT molecular complexity index is 490. The molecule has 1 heterocycles. The Balaban J connectivity index is 2.11. The van der Waals surface area contributed by atoms with Crippen molar-refractivity contribution in [3.63, 3.8) is 0 Å². The summed E-state index contributed by atoms with van der Waals surface area (Å²) in [5.41, 5.74) is 0. The molecule has 1 fully saturated rings. The molecule has 0 N–H and O–H groups in total. The Morgan fingerprint density at radius 1 is 1.24 bits per heavy atom. The Labute approximate surface area is 128 Å². The second-order valence-corrected chi connectivity index (χ2v) is 11.7. The third-order valence-electron chi connectivity index (χ3n) is 4.14. The molecular formula is C16H26O4Si. The molecule has 118 valence electrons. The van der Waals surface area contributed by atoms with E-state index in [0.29, 0.717) is 12.4 Å². The maximum atomic E-state index is 6.31. The lowest BCUT2D eigenvalue weighted by Crippen LogP contribution is -2.43. The Hall–Kier alpha value is -1.20. The van der Waals surface area contributed by atoms with Crippen LogP contribution in [0.3, 0.4) is 0 Å². The highest BCUT2D eigenvalue weighted by Crippen LogP contribution is 2.40. The molecule has 5 heteroatoms. The zero-order valence-corrected chi connectivity index (χ0v) is 14.9. The smallest absolute Gasteiger partial charge is 0.250 e. The second kappa shape index (κ2) is 5.89. The number of benzene rings is 1. The standard InChI is InChI=1S/C16H26O4Si/c1-16(2,3)21(5,6)20-14-8-7-12(9-15(14)17-4)18-10-13-11-19-13/h7-9,13H,10-11H2,1-6H3. The molecule has 4 nitrogen and oxygen atoms in total. The summed E-state index contributed by atoms with van der Waals surface area (Å²) in [7, 11) is -0.224. The molecule has 1 aromatic carbocycles. The van der Waals surface area contributed by atoms with Gasteiger partial charge in [0, 0.05) is 6.07 Å². The van der Waals surface area contributed by atoms with Gasteiger partial charge in [-0.15, -0.1) is 0 Å². The number of epoxide rings is 1. The van der Waals surface area contributed by atoms with E-state index in [1.807, 2.05) is 18.2 Å². The van der Waals surface area contributed by atoms with Crippen molar-refractivity contribution < 1.29 is 18.6 Å². The molecule has 0 bridgehead atoms. The van der Waals surface area contributed by atoms with Crippen molar-refractivity contribution in [1.29, 1.82) is 0 Å². The highest BCUT2D eigenvalue weighted by atomic mass is 28.4. The summed E-state index contributed by atoms with van der Waals surface area (Å²) in [6.45, 7) is 12.5. The molecule has 1 unspecified atom stereocenters. The van der Waals surface area contributed by atoms with Crippen LogP contribution in [0.5, 0.6) is 17.2 Å². The molecule has 1 aliphatic rings. The Morgan fingerprint density at radius 3 is 2.43 bits per heavy atom. The Kier molecular flexibility index (Phi) is 4.53. The summed E-state index contributed by atoms with van der Waals surface area (Å²) in [5, 5.41) is 0.149. The van der Waals surface area contributed by atoms with Crippen LogP contribution in [0.25, 0.3) is 0 Å². The lowest BCUT2D eigenvalue weighted by molar-refractivity contribution is 0.261. The van der Waals surface area contributed by atoms with Crippen LogP contribution in [-0.2, 0) is 4.74 Å². The van der Waals surface area contributed by atoms with Gasteiger partial charge in [0.25, 0.3) is 8.32 Å². The molecule has 2 rings (SSSR count). The van der Waals surface area contributed by atoms with Crippen LogP contribution in [0.1, 0.15) is 20.8 Å². The van der Waals surface area contributed by atoms with Crippen molar-refractivity contribution in [2.75, 3.05) is 20.3 Å². The van der Waals surface area contributed by atoms with Crippen LogP contribution in [0.2, 0.25) is 18.1 Å². The fraction of sp³-hybridized carbons (Fsp3) is 0.625. The summed E-state index contributed by atoms with van der Waals surface area (Å²) in [4.78, 5) is 0. The highest BCUT2D eigenvalue weighted by molar-refractivity contribution is 6.74. The maximum Gasteiger partial charge on any atom is 0.250 e. The van der Waals surface area contributed by atoms with E-state index < -0.39 is 8.32 Å². The van der Waals surface area contributed by atoms with Gasteiger partial charge in [-0.25, -0.2) is 0 Å². The minimum absolute atomic E-state index is 0.149. The van der Waals surface area contributed by atoms with Gasteiger partial charge in [0.05, 0.1) is 13.7 Å². The topological polar surface area (TPSA) is 40.2 Å². The fourth-order valence-electron chi connectivity index (χ4n) is 1.60. The Morgan fingerprint density at radius 2 is 1.90 bits per heavy atom. The van der Waals surface area contributed by atoms with Crippen molar-refractivity contribution in [3.05, 3.63) is 18.2 Å². The van der Waals surface area contributed by atoms with E-state index in [1.165, 1.54) is 0 Å². The summed E-state index contributed by atoms with van der Waals surface area (Å²) < 4.78 is 22.6. The van der Waals surface area contributed by atoms with Crippen molar-refractivity contribution in [2.24, 2.45) is 0 Å². The van der Waals surface area contributed by atoms with Crippen molar-refractivity contribution in [1.82, 2.24) is 0 Å². The van der Waals surface area contributed by atoms with Gasteiger partial charge in [-0.2, -0.15) is 0 Å². The van der Waals surface area contributed by atoms with E-state index in [9.17, 15) is 0 Å². The molecule has 21 heavy (non-hydrogen) atoms. The molecular weight excluding hydrogens is 284 g/mol. The lowest BCUT2D eigenvalue weighted by atomic mass is 10.2. The first-order chi connectivity index (χ1) is 9.73. The van der Waals surface area contributed by atoms with Crippen LogP contribution >= 0.6 is 0 Å².